The van der Waals surface area contributed by atoms with Crippen LogP contribution in [-0.4, -0.2) is 20.2 Å². The number of aryl methyl sites for hydroxylation is 1. The van der Waals surface area contributed by atoms with Crippen LogP contribution >= 0.6 is 0 Å². The molecule has 2 rings (SSSR count). The van der Waals surface area contributed by atoms with Crippen LogP contribution in [0, 0.1) is 0 Å². The second kappa shape index (κ2) is 4.30. The van der Waals surface area contributed by atoms with Crippen LogP contribution in [0.5, 0.6) is 0 Å². The number of ketones is 1. The quantitative estimate of drug-likeness (QED) is 0.831. The van der Waals surface area contributed by atoms with Crippen LogP contribution in [0.2, 0.25) is 0 Å². The Morgan fingerprint density at radius 3 is 3.12 bits per heavy atom. The van der Waals surface area contributed by atoms with E-state index < -0.39 is 0 Å². The fourth-order valence-electron chi connectivity index (χ4n) is 1.65. The van der Waals surface area contributed by atoms with Crippen LogP contribution in [0.4, 0.5) is 0 Å². The minimum Gasteiger partial charge on any atom is -0.323 e. The lowest BCUT2D eigenvalue weighted by Crippen LogP contribution is -2.12. The number of aromatic nitrogens is 3. The van der Waals surface area contributed by atoms with Gasteiger partial charge in [-0.2, -0.15) is 0 Å². The van der Waals surface area contributed by atoms with Gasteiger partial charge in [0.05, 0.1) is 12.5 Å². The summed E-state index contributed by atoms with van der Waals surface area (Å²) in [6, 6.07) is 0. The van der Waals surface area contributed by atoms with E-state index in [9.17, 15) is 9.59 Å². The molecule has 0 aromatic carbocycles. The van der Waals surface area contributed by atoms with E-state index >= 15 is 0 Å². The molecule has 2 aromatic heterocycles. The van der Waals surface area contributed by atoms with Crippen molar-refractivity contribution in [2.75, 3.05) is 0 Å². The first kappa shape index (κ1) is 10.6. The molecule has 0 aliphatic rings. The van der Waals surface area contributed by atoms with Gasteiger partial charge in [-0.25, -0.2) is 4.98 Å². The highest BCUT2D eigenvalue weighted by Gasteiger charge is 2.02. The average Bonchev–Trinajstić information content (AvgIpc) is 2.65. The zero-order chi connectivity index (χ0) is 11.5. The number of rotatable bonds is 4. The van der Waals surface area contributed by atoms with Crippen molar-refractivity contribution >= 4 is 11.3 Å². The van der Waals surface area contributed by atoms with E-state index in [1.54, 1.807) is 17.7 Å². The Balaban J connectivity index is 2.18. The molecule has 0 spiro atoms. The van der Waals surface area contributed by atoms with Crippen molar-refractivity contribution in [3.8, 4) is 0 Å². The third-order valence-corrected chi connectivity index (χ3v) is 2.44. The van der Waals surface area contributed by atoms with Gasteiger partial charge in [-0.15, -0.1) is 0 Å². The first-order chi connectivity index (χ1) is 7.66. The molecule has 5 heteroatoms. The van der Waals surface area contributed by atoms with Gasteiger partial charge < -0.3 is 9.78 Å². The number of carbonyl (C=O) groups is 1. The summed E-state index contributed by atoms with van der Waals surface area (Å²) in [7, 11) is 0. The average molecular weight is 219 g/mol. The zero-order valence-electron chi connectivity index (χ0n) is 9.06. The minimum atomic E-state index is -0.141. The van der Waals surface area contributed by atoms with Crippen LogP contribution in [0.15, 0.2) is 23.5 Å². The molecule has 84 valence electrons. The molecule has 0 atom stereocenters. The number of hydrogen-bond acceptors (Lipinski definition) is 3. The van der Waals surface area contributed by atoms with E-state index in [0.29, 0.717) is 18.4 Å². The third kappa shape index (κ3) is 2.18. The summed E-state index contributed by atoms with van der Waals surface area (Å²) in [4.78, 5) is 29.0. The molecule has 0 fully saturated rings. The molecule has 0 aliphatic heterocycles. The maximum atomic E-state index is 11.6. The molecule has 2 aromatic rings. The predicted octanol–water partition coefficient (Wildman–Crippen LogP) is 0.934. The Hall–Kier alpha value is -1.91. The number of aromatic amines is 1. The summed E-state index contributed by atoms with van der Waals surface area (Å²) in [6.07, 6.45) is 6.96. The van der Waals surface area contributed by atoms with Crippen LogP contribution in [0.25, 0.3) is 5.52 Å². The van der Waals surface area contributed by atoms with Crippen molar-refractivity contribution in [1.82, 2.24) is 14.4 Å². The predicted molar refractivity (Wildman–Crippen MR) is 59.4 cm³/mol. The topological polar surface area (TPSA) is 67.2 Å². The van der Waals surface area contributed by atoms with E-state index in [0.717, 1.165) is 12.1 Å². The van der Waals surface area contributed by atoms with E-state index in [2.05, 4.69) is 9.97 Å². The highest BCUT2D eigenvalue weighted by molar-refractivity contribution is 5.75. The normalized spacial score (nSPS) is 10.8. The Kier molecular flexibility index (Phi) is 2.85. The Bertz CT molecular complexity index is 568. The molecule has 0 unspecified atom stereocenters. The Labute approximate surface area is 92.1 Å². The molecule has 1 N–H and O–H groups in total. The Morgan fingerprint density at radius 1 is 1.56 bits per heavy atom. The molecule has 16 heavy (non-hydrogen) atoms. The number of nitrogens with zero attached hydrogens (tertiary/aromatic N) is 2. The SMILES string of the molecule is CC(=O)CCCc1cn2cncc2c(=O)[nH]1. The molecule has 0 amide bonds. The Morgan fingerprint density at radius 2 is 2.38 bits per heavy atom. The van der Waals surface area contributed by atoms with E-state index in [4.69, 9.17) is 0 Å². The van der Waals surface area contributed by atoms with E-state index in [1.807, 2.05) is 6.20 Å². The van der Waals surface area contributed by atoms with Gasteiger partial charge in [0.15, 0.2) is 0 Å². The first-order valence-corrected chi connectivity index (χ1v) is 5.20. The molecular weight excluding hydrogens is 206 g/mol. The molecule has 0 saturated carbocycles. The fourth-order valence-corrected chi connectivity index (χ4v) is 1.65. The number of fused-ring (bicyclic) bond motifs is 1. The highest BCUT2D eigenvalue weighted by atomic mass is 16.1. The maximum absolute atomic E-state index is 11.6. The number of nitrogens with one attached hydrogen (secondary N) is 1. The number of imidazole rings is 1. The number of carbonyl (C=O) groups excluding carboxylic acids is 1. The summed E-state index contributed by atoms with van der Waals surface area (Å²) >= 11 is 0. The molecule has 0 saturated heterocycles. The van der Waals surface area contributed by atoms with Gasteiger partial charge in [-0.3, -0.25) is 9.20 Å². The smallest absolute Gasteiger partial charge is 0.274 e. The summed E-state index contributed by atoms with van der Waals surface area (Å²) < 4.78 is 1.70. The van der Waals surface area contributed by atoms with Gasteiger partial charge in [-0.05, 0) is 19.8 Å². The third-order valence-electron chi connectivity index (χ3n) is 2.44. The molecular formula is C11H13N3O2. The lowest BCUT2D eigenvalue weighted by atomic mass is 10.1. The van der Waals surface area contributed by atoms with Gasteiger partial charge in [0.1, 0.15) is 11.3 Å². The summed E-state index contributed by atoms with van der Waals surface area (Å²) in [6.45, 7) is 1.57. The molecule has 0 bridgehead atoms. The monoisotopic (exact) mass is 219 g/mol. The standard InChI is InChI=1S/C11H13N3O2/c1-8(15)3-2-4-9-6-14-7-12-5-10(14)11(16)13-9/h5-7H,2-4H2,1H3,(H,13,16). The first-order valence-electron chi connectivity index (χ1n) is 5.20. The van der Waals surface area contributed by atoms with Crippen molar-refractivity contribution in [3.05, 3.63) is 34.8 Å². The highest BCUT2D eigenvalue weighted by Crippen LogP contribution is 2.02. The fraction of sp³-hybridized carbons (Fsp3) is 0.364. The van der Waals surface area contributed by atoms with Gasteiger partial charge >= 0.3 is 0 Å². The molecule has 0 aliphatic carbocycles. The van der Waals surface area contributed by atoms with Crippen molar-refractivity contribution in [2.45, 2.75) is 26.2 Å². The van der Waals surface area contributed by atoms with Crippen molar-refractivity contribution in [2.24, 2.45) is 0 Å². The number of hydrogen-bond donors (Lipinski definition) is 1. The van der Waals surface area contributed by atoms with Crippen molar-refractivity contribution < 1.29 is 4.79 Å². The van der Waals surface area contributed by atoms with Gasteiger partial charge in [0.2, 0.25) is 0 Å². The number of Topliss-reactive ketones (excluding diaryl/α,β-unsaturated/α-hetero) is 1. The van der Waals surface area contributed by atoms with Crippen LogP contribution in [-0.2, 0) is 11.2 Å². The largest absolute Gasteiger partial charge is 0.323 e. The molecule has 5 nitrogen and oxygen atoms in total. The van der Waals surface area contributed by atoms with Crippen LogP contribution < -0.4 is 5.56 Å². The summed E-state index contributed by atoms with van der Waals surface area (Å²) in [5.41, 5.74) is 1.23. The van der Waals surface area contributed by atoms with Crippen LogP contribution in [0.3, 0.4) is 0 Å². The summed E-state index contributed by atoms with van der Waals surface area (Å²) in [5.74, 6) is 0.172. The van der Waals surface area contributed by atoms with Crippen molar-refractivity contribution in [1.29, 1.82) is 0 Å². The number of H-pyrrole nitrogens is 1. The lowest BCUT2D eigenvalue weighted by Gasteiger charge is -2.01. The van der Waals surface area contributed by atoms with Crippen molar-refractivity contribution in [3.63, 3.8) is 0 Å². The second-order valence-corrected chi connectivity index (χ2v) is 3.85. The van der Waals surface area contributed by atoms with Gasteiger partial charge in [0, 0.05) is 18.3 Å². The van der Waals surface area contributed by atoms with Crippen LogP contribution in [0.1, 0.15) is 25.5 Å². The van der Waals surface area contributed by atoms with Gasteiger partial charge in [-0.1, -0.05) is 0 Å². The second-order valence-electron chi connectivity index (χ2n) is 3.85. The minimum absolute atomic E-state index is 0.141. The van der Waals surface area contributed by atoms with E-state index in [-0.39, 0.29) is 11.3 Å². The van der Waals surface area contributed by atoms with E-state index in [1.165, 1.54) is 6.20 Å². The van der Waals surface area contributed by atoms with Gasteiger partial charge in [0.25, 0.3) is 5.56 Å². The zero-order valence-corrected chi connectivity index (χ0v) is 9.06. The summed E-state index contributed by atoms with van der Waals surface area (Å²) in [5, 5.41) is 0. The lowest BCUT2D eigenvalue weighted by molar-refractivity contribution is -0.117. The molecule has 0 radical (unpaired) electrons. The maximum Gasteiger partial charge on any atom is 0.274 e. The molecule has 2 heterocycles.